The van der Waals surface area contributed by atoms with Crippen LogP contribution in [0.2, 0.25) is 5.02 Å². The van der Waals surface area contributed by atoms with E-state index in [1.807, 2.05) is 11.7 Å². The molecule has 0 atom stereocenters. The summed E-state index contributed by atoms with van der Waals surface area (Å²) in [6.07, 6.45) is 0.866. The van der Waals surface area contributed by atoms with Crippen LogP contribution in [0.15, 0.2) is 24.3 Å². The van der Waals surface area contributed by atoms with Crippen LogP contribution in [0.1, 0.15) is 29.4 Å². The highest BCUT2D eigenvalue weighted by molar-refractivity contribution is 6.31. The van der Waals surface area contributed by atoms with E-state index in [0.29, 0.717) is 0 Å². The van der Waals surface area contributed by atoms with Gasteiger partial charge in [-0.3, -0.25) is 4.68 Å². The van der Waals surface area contributed by atoms with Crippen molar-refractivity contribution in [3.8, 4) is 0 Å². The monoisotopic (exact) mass is 277 g/mol. The zero-order valence-electron chi connectivity index (χ0n) is 11.7. The van der Waals surface area contributed by atoms with Gasteiger partial charge in [-0.05, 0) is 24.5 Å². The Morgan fingerprint density at radius 3 is 2.63 bits per heavy atom. The molecule has 0 saturated heterocycles. The van der Waals surface area contributed by atoms with E-state index in [1.54, 1.807) is 0 Å². The minimum atomic E-state index is 0.733. The van der Waals surface area contributed by atoms with Crippen LogP contribution in [0.5, 0.6) is 0 Å². The first-order valence-electron chi connectivity index (χ1n) is 6.59. The van der Waals surface area contributed by atoms with Gasteiger partial charge in [0.15, 0.2) is 0 Å². The molecule has 0 aliphatic heterocycles. The number of hydrogen-bond donors (Lipinski definition) is 1. The van der Waals surface area contributed by atoms with Gasteiger partial charge in [-0.2, -0.15) is 5.10 Å². The Morgan fingerprint density at radius 2 is 2.00 bits per heavy atom. The minimum Gasteiger partial charge on any atom is -0.307 e. The van der Waals surface area contributed by atoms with E-state index in [0.717, 1.165) is 35.9 Å². The molecule has 1 aromatic carbocycles. The molecule has 3 nitrogen and oxygen atoms in total. The highest BCUT2D eigenvalue weighted by atomic mass is 35.5. The molecule has 19 heavy (non-hydrogen) atoms. The molecule has 1 heterocycles. The number of nitrogens with one attached hydrogen (secondary N) is 1. The zero-order chi connectivity index (χ0) is 13.8. The number of halogens is 1. The Kier molecular flexibility index (Phi) is 4.61. The maximum Gasteiger partial charge on any atom is 0.0863 e. The quantitative estimate of drug-likeness (QED) is 0.909. The molecule has 0 spiro atoms. The van der Waals surface area contributed by atoms with Crippen molar-refractivity contribution in [1.29, 1.82) is 0 Å². The number of hydrogen-bond acceptors (Lipinski definition) is 2. The normalized spacial score (nSPS) is 10.9. The van der Waals surface area contributed by atoms with E-state index < -0.39 is 0 Å². The molecule has 0 amide bonds. The molecule has 0 aliphatic carbocycles. The van der Waals surface area contributed by atoms with Crippen molar-refractivity contribution >= 4 is 11.6 Å². The summed E-state index contributed by atoms with van der Waals surface area (Å²) < 4.78 is 1.87. The van der Waals surface area contributed by atoms with Gasteiger partial charge in [0.2, 0.25) is 0 Å². The average Bonchev–Trinajstić information content (AvgIpc) is 2.68. The van der Waals surface area contributed by atoms with Crippen LogP contribution in [0.3, 0.4) is 0 Å². The molecule has 0 unspecified atom stereocenters. The minimum absolute atomic E-state index is 0.733. The first-order valence-corrected chi connectivity index (χ1v) is 6.96. The molecule has 0 aliphatic rings. The van der Waals surface area contributed by atoms with Crippen LogP contribution in [0.25, 0.3) is 0 Å². The summed E-state index contributed by atoms with van der Waals surface area (Å²) in [6, 6.07) is 8.40. The molecular weight excluding hydrogens is 258 g/mol. The van der Waals surface area contributed by atoms with Crippen molar-refractivity contribution < 1.29 is 0 Å². The number of nitrogens with zero attached hydrogens (tertiary/aromatic N) is 2. The second-order valence-electron chi connectivity index (χ2n) is 4.71. The van der Waals surface area contributed by atoms with Gasteiger partial charge in [0.1, 0.15) is 0 Å². The number of aryl methyl sites for hydroxylation is 3. The smallest absolute Gasteiger partial charge is 0.0863 e. The van der Waals surface area contributed by atoms with Crippen molar-refractivity contribution in [2.75, 3.05) is 0 Å². The molecule has 1 N–H and O–H groups in total. The van der Waals surface area contributed by atoms with E-state index in [-0.39, 0.29) is 0 Å². The first-order chi connectivity index (χ1) is 9.13. The third kappa shape index (κ3) is 3.17. The summed E-state index contributed by atoms with van der Waals surface area (Å²) in [4.78, 5) is 0. The van der Waals surface area contributed by atoms with Gasteiger partial charge in [0.05, 0.1) is 16.4 Å². The fourth-order valence-electron chi connectivity index (χ4n) is 2.14. The fourth-order valence-corrected chi connectivity index (χ4v) is 2.50. The van der Waals surface area contributed by atoms with Crippen molar-refractivity contribution in [1.82, 2.24) is 15.1 Å². The van der Waals surface area contributed by atoms with E-state index in [1.165, 1.54) is 11.1 Å². The lowest BCUT2D eigenvalue weighted by molar-refractivity contribution is 0.622. The first kappa shape index (κ1) is 14.1. The Balaban J connectivity index is 2.00. The van der Waals surface area contributed by atoms with Gasteiger partial charge in [-0.1, -0.05) is 42.8 Å². The Labute approximate surface area is 119 Å². The third-order valence-electron chi connectivity index (χ3n) is 3.37. The molecule has 0 saturated carbocycles. The predicted molar refractivity (Wildman–Crippen MR) is 79.3 cm³/mol. The summed E-state index contributed by atoms with van der Waals surface area (Å²) in [5, 5.41) is 8.64. The maximum atomic E-state index is 6.32. The Morgan fingerprint density at radius 1 is 1.26 bits per heavy atom. The summed E-state index contributed by atoms with van der Waals surface area (Å²) >= 11 is 6.32. The Hall–Kier alpha value is -1.32. The molecular formula is C15H20ClN3. The van der Waals surface area contributed by atoms with Crippen LogP contribution in [0.4, 0.5) is 0 Å². The number of rotatable bonds is 5. The van der Waals surface area contributed by atoms with Gasteiger partial charge in [-0.15, -0.1) is 0 Å². The number of aromatic nitrogens is 2. The van der Waals surface area contributed by atoms with Crippen molar-refractivity contribution in [3.05, 3.63) is 51.8 Å². The van der Waals surface area contributed by atoms with E-state index in [4.69, 9.17) is 11.6 Å². The van der Waals surface area contributed by atoms with Crippen LogP contribution in [0, 0.1) is 6.92 Å². The molecule has 1 aromatic heterocycles. The van der Waals surface area contributed by atoms with Crippen molar-refractivity contribution in [2.45, 2.75) is 33.4 Å². The summed E-state index contributed by atoms with van der Waals surface area (Å²) in [5.41, 5.74) is 4.64. The lowest BCUT2D eigenvalue weighted by Gasteiger charge is -2.08. The summed E-state index contributed by atoms with van der Waals surface area (Å²) in [7, 11) is 1.94. The Bertz CT molecular complexity index is 561. The molecule has 0 fully saturated rings. The van der Waals surface area contributed by atoms with Crippen LogP contribution < -0.4 is 5.32 Å². The summed E-state index contributed by atoms with van der Waals surface area (Å²) in [5.74, 6) is 0. The SMILES string of the molecule is CCc1nn(C)c(CNCc2ccccc2C)c1Cl. The molecule has 0 radical (unpaired) electrons. The molecule has 4 heteroatoms. The fraction of sp³-hybridized carbons (Fsp3) is 0.400. The highest BCUT2D eigenvalue weighted by Gasteiger charge is 2.12. The average molecular weight is 278 g/mol. The molecule has 2 rings (SSSR count). The van der Waals surface area contributed by atoms with E-state index in [2.05, 4.69) is 48.5 Å². The van der Waals surface area contributed by atoms with Crippen LogP contribution in [-0.4, -0.2) is 9.78 Å². The second kappa shape index (κ2) is 6.22. The highest BCUT2D eigenvalue weighted by Crippen LogP contribution is 2.20. The van der Waals surface area contributed by atoms with Crippen LogP contribution >= 0.6 is 11.6 Å². The molecule has 2 aromatic rings. The molecule has 0 bridgehead atoms. The van der Waals surface area contributed by atoms with E-state index in [9.17, 15) is 0 Å². The van der Waals surface area contributed by atoms with Crippen molar-refractivity contribution in [2.24, 2.45) is 7.05 Å². The largest absolute Gasteiger partial charge is 0.307 e. The van der Waals surface area contributed by atoms with Gasteiger partial charge in [0.25, 0.3) is 0 Å². The van der Waals surface area contributed by atoms with E-state index >= 15 is 0 Å². The molecule has 102 valence electrons. The van der Waals surface area contributed by atoms with Gasteiger partial charge in [-0.25, -0.2) is 0 Å². The topological polar surface area (TPSA) is 29.9 Å². The lowest BCUT2D eigenvalue weighted by Crippen LogP contribution is -2.16. The third-order valence-corrected chi connectivity index (χ3v) is 3.81. The second-order valence-corrected chi connectivity index (χ2v) is 5.09. The zero-order valence-corrected chi connectivity index (χ0v) is 12.5. The van der Waals surface area contributed by atoms with Crippen LogP contribution in [-0.2, 0) is 26.6 Å². The number of benzene rings is 1. The predicted octanol–water partition coefficient (Wildman–Crippen LogP) is 3.23. The maximum absolute atomic E-state index is 6.32. The summed E-state index contributed by atoms with van der Waals surface area (Å²) in [6.45, 7) is 5.77. The lowest BCUT2D eigenvalue weighted by atomic mass is 10.1. The standard InChI is InChI=1S/C15H20ClN3/c1-4-13-15(16)14(19(3)18-13)10-17-9-12-8-6-5-7-11(12)2/h5-8,17H,4,9-10H2,1-3H3. The van der Waals surface area contributed by atoms with Gasteiger partial charge in [0, 0.05) is 20.1 Å². The van der Waals surface area contributed by atoms with Gasteiger partial charge < -0.3 is 5.32 Å². The van der Waals surface area contributed by atoms with Crippen molar-refractivity contribution in [3.63, 3.8) is 0 Å². The van der Waals surface area contributed by atoms with Gasteiger partial charge >= 0.3 is 0 Å².